The van der Waals surface area contributed by atoms with Crippen LogP contribution in [-0.4, -0.2) is 44.3 Å². The highest BCUT2D eigenvalue weighted by molar-refractivity contribution is 9.10. The molecule has 0 bridgehead atoms. The third kappa shape index (κ3) is 7.23. The first-order valence-electron chi connectivity index (χ1n) is 12.6. The first-order valence-corrected chi connectivity index (χ1v) is 14.9. The Hall–Kier alpha value is -3.17. The summed E-state index contributed by atoms with van der Waals surface area (Å²) < 4.78 is 29.4. The summed E-state index contributed by atoms with van der Waals surface area (Å²) in [6, 6.07) is 21.7. The van der Waals surface area contributed by atoms with Crippen molar-refractivity contribution in [2.24, 2.45) is 0 Å². The Kier molecular flexibility index (Phi) is 10.5. The smallest absolute Gasteiger partial charge is 0.264 e. The van der Waals surface area contributed by atoms with Gasteiger partial charge < -0.3 is 10.2 Å². The van der Waals surface area contributed by atoms with Gasteiger partial charge in [-0.15, -0.1) is 0 Å². The van der Waals surface area contributed by atoms with Crippen LogP contribution in [0.3, 0.4) is 0 Å². The second-order valence-electron chi connectivity index (χ2n) is 8.96. The molecule has 3 rings (SSSR count). The standard InChI is InChI=1S/C29H34BrN3O4S/c1-4-19-31-29(35)27(5-2)32(20-23-12-10-9-11-22(23)3)28(34)21-33(25-17-15-24(30)16-18-25)38(36,37)26-13-7-6-8-14-26/h6-18,27H,4-5,19-21H2,1-3H3,(H,31,35). The number of carbonyl (C=O) groups excluding carboxylic acids is 2. The highest BCUT2D eigenvalue weighted by atomic mass is 79.9. The predicted molar refractivity (Wildman–Crippen MR) is 154 cm³/mol. The summed E-state index contributed by atoms with van der Waals surface area (Å²) >= 11 is 3.39. The van der Waals surface area contributed by atoms with Crippen molar-refractivity contribution in [3.63, 3.8) is 0 Å². The Balaban J connectivity index is 2.04. The highest BCUT2D eigenvalue weighted by Crippen LogP contribution is 2.26. The van der Waals surface area contributed by atoms with Crippen molar-refractivity contribution in [2.45, 2.75) is 51.1 Å². The van der Waals surface area contributed by atoms with Crippen LogP contribution in [-0.2, 0) is 26.2 Å². The summed E-state index contributed by atoms with van der Waals surface area (Å²) in [5.74, 6) is -0.716. The molecule has 1 atom stereocenters. The zero-order valence-electron chi connectivity index (χ0n) is 21.9. The van der Waals surface area contributed by atoms with E-state index in [1.54, 1.807) is 42.5 Å². The van der Waals surface area contributed by atoms with E-state index in [9.17, 15) is 18.0 Å². The molecule has 0 aliphatic heterocycles. The summed E-state index contributed by atoms with van der Waals surface area (Å²) in [5.41, 5.74) is 2.23. The van der Waals surface area contributed by atoms with Gasteiger partial charge in [0, 0.05) is 17.6 Å². The Morgan fingerprint density at radius 3 is 2.16 bits per heavy atom. The van der Waals surface area contributed by atoms with Gasteiger partial charge in [0.1, 0.15) is 12.6 Å². The van der Waals surface area contributed by atoms with Gasteiger partial charge in [-0.1, -0.05) is 72.2 Å². The number of halogens is 1. The number of hydrogen-bond donors (Lipinski definition) is 1. The Morgan fingerprint density at radius 1 is 0.921 bits per heavy atom. The Labute approximate surface area is 234 Å². The van der Waals surface area contributed by atoms with E-state index in [1.165, 1.54) is 17.0 Å². The fourth-order valence-corrected chi connectivity index (χ4v) is 5.81. The number of sulfonamides is 1. The third-order valence-electron chi connectivity index (χ3n) is 6.26. The second kappa shape index (κ2) is 13.6. The van der Waals surface area contributed by atoms with Crippen molar-refractivity contribution in [2.75, 3.05) is 17.4 Å². The average Bonchev–Trinajstić information content (AvgIpc) is 2.92. The first kappa shape index (κ1) is 29.4. The predicted octanol–water partition coefficient (Wildman–Crippen LogP) is 5.29. The number of aryl methyl sites for hydroxylation is 1. The van der Waals surface area contributed by atoms with Crippen LogP contribution >= 0.6 is 15.9 Å². The summed E-state index contributed by atoms with van der Waals surface area (Å²) in [5, 5.41) is 2.90. The van der Waals surface area contributed by atoms with Gasteiger partial charge in [0.15, 0.2) is 0 Å². The minimum atomic E-state index is -4.07. The van der Waals surface area contributed by atoms with Crippen LogP contribution < -0.4 is 9.62 Å². The fourth-order valence-electron chi connectivity index (χ4n) is 4.11. The van der Waals surface area contributed by atoms with Gasteiger partial charge in [-0.05, 0) is 67.3 Å². The van der Waals surface area contributed by atoms with E-state index in [4.69, 9.17) is 0 Å². The molecule has 1 unspecified atom stereocenters. The average molecular weight is 601 g/mol. The fraction of sp³-hybridized carbons (Fsp3) is 0.310. The van der Waals surface area contributed by atoms with Crippen LogP contribution in [0, 0.1) is 6.92 Å². The van der Waals surface area contributed by atoms with Crippen molar-refractivity contribution < 1.29 is 18.0 Å². The quantitative estimate of drug-likeness (QED) is 0.306. The summed E-state index contributed by atoms with van der Waals surface area (Å²) in [7, 11) is -4.07. The second-order valence-corrected chi connectivity index (χ2v) is 11.7. The molecule has 0 aromatic heterocycles. The summed E-state index contributed by atoms with van der Waals surface area (Å²) in [4.78, 5) is 28.7. The van der Waals surface area contributed by atoms with E-state index < -0.39 is 28.5 Å². The number of nitrogens with zero attached hydrogens (tertiary/aromatic N) is 2. The molecule has 3 aromatic carbocycles. The minimum absolute atomic E-state index is 0.0777. The lowest BCUT2D eigenvalue weighted by Crippen LogP contribution is -2.52. The molecule has 0 fully saturated rings. The van der Waals surface area contributed by atoms with E-state index >= 15 is 0 Å². The lowest BCUT2D eigenvalue weighted by Gasteiger charge is -2.33. The van der Waals surface area contributed by atoms with Gasteiger partial charge in [0.25, 0.3) is 10.0 Å². The maximum Gasteiger partial charge on any atom is 0.264 e. The third-order valence-corrected chi connectivity index (χ3v) is 8.58. The Bertz CT molecular complexity index is 1330. The molecule has 7 nitrogen and oxygen atoms in total. The molecule has 1 N–H and O–H groups in total. The van der Waals surface area contributed by atoms with Crippen LogP contribution in [0.25, 0.3) is 0 Å². The van der Waals surface area contributed by atoms with E-state index in [0.717, 1.165) is 26.3 Å². The number of carbonyl (C=O) groups is 2. The Morgan fingerprint density at radius 2 is 1.55 bits per heavy atom. The SMILES string of the molecule is CCCNC(=O)C(CC)N(Cc1ccccc1C)C(=O)CN(c1ccc(Br)cc1)S(=O)(=O)c1ccccc1. The summed E-state index contributed by atoms with van der Waals surface area (Å²) in [6.45, 7) is 5.98. The van der Waals surface area contributed by atoms with E-state index in [-0.39, 0.29) is 17.3 Å². The molecule has 3 aromatic rings. The molecule has 9 heteroatoms. The molecule has 0 saturated carbocycles. The number of rotatable bonds is 12. The van der Waals surface area contributed by atoms with Crippen molar-refractivity contribution in [1.29, 1.82) is 0 Å². The molecular formula is C29H34BrN3O4S. The van der Waals surface area contributed by atoms with E-state index in [1.807, 2.05) is 45.0 Å². The highest BCUT2D eigenvalue weighted by Gasteiger charge is 2.33. The normalized spacial score (nSPS) is 12.0. The van der Waals surface area contributed by atoms with Gasteiger partial charge in [-0.3, -0.25) is 13.9 Å². The van der Waals surface area contributed by atoms with Crippen molar-refractivity contribution in [3.8, 4) is 0 Å². The van der Waals surface area contributed by atoms with Gasteiger partial charge in [-0.25, -0.2) is 8.42 Å². The molecule has 38 heavy (non-hydrogen) atoms. The topological polar surface area (TPSA) is 86.8 Å². The van der Waals surface area contributed by atoms with Crippen molar-refractivity contribution in [3.05, 3.63) is 94.5 Å². The zero-order valence-corrected chi connectivity index (χ0v) is 24.3. The van der Waals surface area contributed by atoms with Gasteiger partial charge in [0.05, 0.1) is 10.6 Å². The van der Waals surface area contributed by atoms with Crippen LogP contribution in [0.15, 0.2) is 88.2 Å². The van der Waals surface area contributed by atoms with Crippen LogP contribution in [0.2, 0.25) is 0 Å². The monoisotopic (exact) mass is 599 g/mol. The first-order chi connectivity index (χ1) is 18.2. The van der Waals surface area contributed by atoms with Gasteiger partial charge >= 0.3 is 0 Å². The minimum Gasteiger partial charge on any atom is -0.354 e. The van der Waals surface area contributed by atoms with Crippen LogP contribution in [0.1, 0.15) is 37.8 Å². The van der Waals surface area contributed by atoms with Crippen LogP contribution in [0.4, 0.5) is 5.69 Å². The molecular weight excluding hydrogens is 566 g/mol. The number of benzene rings is 3. The summed E-state index contributed by atoms with van der Waals surface area (Å²) in [6.07, 6.45) is 1.15. The number of nitrogens with one attached hydrogen (secondary N) is 1. The largest absolute Gasteiger partial charge is 0.354 e. The number of hydrogen-bond acceptors (Lipinski definition) is 4. The molecule has 2 amide bonds. The van der Waals surface area contributed by atoms with Gasteiger partial charge in [-0.2, -0.15) is 0 Å². The maximum absolute atomic E-state index is 14.0. The van der Waals surface area contributed by atoms with Crippen molar-refractivity contribution >= 4 is 43.5 Å². The zero-order chi connectivity index (χ0) is 27.7. The molecule has 0 heterocycles. The molecule has 0 saturated heterocycles. The lowest BCUT2D eigenvalue weighted by atomic mass is 10.1. The van der Waals surface area contributed by atoms with E-state index in [0.29, 0.717) is 18.7 Å². The maximum atomic E-state index is 14.0. The van der Waals surface area contributed by atoms with Crippen LogP contribution in [0.5, 0.6) is 0 Å². The molecule has 0 aliphatic carbocycles. The molecule has 0 radical (unpaired) electrons. The van der Waals surface area contributed by atoms with Gasteiger partial charge in [0.2, 0.25) is 11.8 Å². The number of anilines is 1. The molecule has 202 valence electrons. The number of amides is 2. The van der Waals surface area contributed by atoms with Crippen molar-refractivity contribution in [1.82, 2.24) is 10.2 Å². The molecule has 0 spiro atoms. The van der Waals surface area contributed by atoms with E-state index in [2.05, 4.69) is 21.2 Å². The lowest BCUT2D eigenvalue weighted by molar-refractivity contribution is -0.140. The molecule has 0 aliphatic rings.